The molecule has 1 aromatic carbocycles. The second-order valence-corrected chi connectivity index (χ2v) is 9.58. The molecule has 1 saturated heterocycles. The molecule has 1 aliphatic heterocycles. The lowest BCUT2D eigenvalue weighted by molar-refractivity contribution is -0.126. The number of rotatable bonds is 7. The van der Waals surface area contributed by atoms with E-state index in [-0.39, 0.29) is 16.7 Å². The van der Waals surface area contributed by atoms with Crippen LogP contribution in [0.15, 0.2) is 53.7 Å². The molecule has 156 valence electrons. The molecule has 1 N–H and O–H groups in total. The lowest BCUT2D eigenvalue weighted by Crippen LogP contribution is -2.42. The van der Waals surface area contributed by atoms with Gasteiger partial charge >= 0.3 is 0 Å². The molecule has 0 radical (unpaired) electrons. The highest BCUT2D eigenvalue weighted by Crippen LogP contribution is 2.23. The van der Waals surface area contributed by atoms with Crippen molar-refractivity contribution in [1.82, 2.24) is 19.5 Å². The first-order chi connectivity index (χ1) is 13.9. The first-order valence-electron chi connectivity index (χ1n) is 9.76. The summed E-state index contributed by atoms with van der Waals surface area (Å²) in [6.07, 6.45) is 3.95. The summed E-state index contributed by atoms with van der Waals surface area (Å²) in [6.45, 7) is 2.05. The van der Waals surface area contributed by atoms with E-state index in [1.54, 1.807) is 18.3 Å². The molecule has 0 atom stereocenters. The molecule has 0 aliphatic carbocycles. The van der Waals surface area contributed by atoms with Crippen LogP contribution in [0.25, 0.3) is 0 Å². The van der Waals surface area contributed by atoms with E-state index in [2.05, 4.69) is 27.3 Å². The van der Waals surface area contributed by atoms with Crippen LogP contribution in [0.5, 0.6) is 0 Å². The Morgan fingerprint density at radius 1 is 1.14 bits per heavy atom. The number of carbonyl (C=O) groups excluding carboxylic acids is 1. The van der Waals surface area contributed by atoms with Gasteiger partial charge in [-0.15, -0.1) is 0 Å². The number of hydrogen-bond donors (Lipinski definition) is 1. The van der Waals surface area contributed by atoms with Crippen molar-refractivity contribution in [2.75, 3.05) is 27.2 Å². The largest absolute Gasteiger partial charge is 0.352 e. The van der Waals surface area contributed by atoms with Crippen molar-refractivity contribution >= 4 is 15.9 Å². The van der Waals surface area contributed by atoms with E-state index >= 15 is 0 Å². The fourth-order valence-corrected chi connectivity index (χ4v) is 4.90. The molecule has 7 nitrogen and oxygen atoms in total. The number of hydrogen-bond acceptors (Lipinski definition) is 5. The Morgan fingerprint density at radius 2 is 1.79 bits per heavy atom. The molecule has 29 heavy (non-hydrogen) atoms. The number of carbonyl (C=O) groups is 1. The van der Waals surface area contributed by atoms with Gasteiger partial charge in [-0.2, -0.15) is 4.31 Å². The normalized spacial score (nSPS) is 16.1. The van der Waals surface area contributed by atoms with Crippen LogP contribution < -0.4 is 5.32 Å². The van der Waals surface area contributed by atoms with Crippen LogP contribution in [0.1, 0.15) is 24.0 Å². The zero-order valence-corrected chi connectivity index (χ0v) is 17.7. The topological polar surface area (TPSA) is 82.6 Å². The predicted molar refractivity (Wildman–Crippen MR) is 111 cm³/mol. The summed E-state index contributed by atoms with van der Waals surface area (Å²) in [5.74, 6) is -0.177. The van der Waals surface area contributed by atoms with E-state index in [0.29, 0.717) is 32.5 Å². The first-order valence-corrected chi connectivity index (χ1v) is 11.2. The molecule has 0 saturated carbocycles. The zero-order chi connectivity index (χ0) is 20.9. The van der Waals surface area contributed by atoms with Crippen LogP contribution >= 0.6 is 0 Å². The van der Waals surface area contributed by atoms with Crippen molar-refractivity contribution in [2.45, 2.75) is 30.8 Å². The van der Waals surface area contributed by atoms with Gasteiger partial charge in [0.05, 0.1) is 0 Å². The van der Waals surface area contributed by atoms with E-state index in [1.807, 2.05) is 26.2 Å². The maximum absolute atomic E-state index is 12.7. The number of nitrogens with one attached hydrogen (secondary N) is 1. The summed E-state index contributed by atoms with van der Waals surface area (Å²) in [4.78, 5) is 18.7. The summed E-state index contributed by atoms with van der Waals surface area (Å²) in [7, 11) is 0.515. The van der Waals surface area contributed by atoms with Gasteiger partial charge in [-0.25, -0.2) is 8.42 Å². The van der Waals surface area contributed by atoms with Crippen LogP contribution in [-0.2, 0) is 27.9 Å². The van der Waals surface area contributed by atoms with Gasteiger partial charge in [0.25, 0.3) is 0 Å². The van der Waals surface area contributed by atoms with Gasteiger partial charge in [-0.1, -0.05) is 24.3 Å². The molecule has 3 rings (SSSR count). The van der Waals surface area contributed by atoms with Crippen molar-refractivity contribution in [3.8, 4) is 0 Å². The van der Waals surface area contributed by atoms with E-state index in [0.717, 1.165) is 12.1 Å². The average molecular weight is 417 g/mol. The van der Waals surface area contributed by atoms with E-state index in [4.69, 9.17) is 0 Å². The second kappa shape index (κ2) is 9.47. The third kappa shape index (κ3) is 5.62. The first kappa shape index (κ1) is 21.4. The third-order valence-corrected chi connectivity index (χ3v) is 6.97. The number of piperidine rings is 1. The van der Waals surface area contributed by atoms with Gasteiger partial charge in [-0.05, 0) is 50.2 Å². The minimum Gasteiger partial charge on any atom is -0.352 e. The van der Waals surface area contributed by atoms with Crippen LogP contribution in [-0.4, -0.2) is 55.7 Å². The molecule has 1 aromatic heterocycles. The van der Waals surface area contributed by atoms with Gasteiger partial charge in [-0.3, -0.25) is 9.78 Å². The third-order valence-electron chi connectivity index (χ3n) is 5.09. The Labute approximate surface area is 172 Å². The standard InChI is InChI=1S/C21H28N4O3S/c1-24(2)16-18-7-5-17(6-8-18)14-23-21(26)19-9-12-25(13-10-19)29(27,28)20-4-3-11-22-15-20/h3-8,11,15,19H,9-10,12-14,16H2,1-2H3,(H,23,26). The number of benzene rings is 1. The quantitative estimate of drug-likeness (QED) is 0.745. The predicted octanol–water partition coefficient (Wildman–Crippen LogP) is 1.86. The molecule has 2 heterocycles. The van der Waals surface area contributed by atoms with Gasteiger partial charge in [0.2, 0.25) is 15.9 Å². The Morgan fingerprint density at radius 3 is 2.38 bits per heavy atom. The Hall–Kier alpha value is -2.29. The zero-order valence-electron chi connectivity index (χ0n) is 16.9. The highest BCUT2D eigenvalue weighted by atomic mass is 32.2. The van der Waals surface area contributed by atoms with Crippen molar-refractivity contribution in [1.29, 1.82) is 0 Å². The maximum atomic E-state index is 12.7. The van der Waals surface area contributed by atoms with Crippen molar-refractivity contribution < 1.29 is 13.2 Å². The fourth-order valence-electron chi connectivity index (χ4n) is 3.47. The van der Waals surface area contributed by atoms with Crippen LogP contribution in [0.3, 0.4) is 0 Å². The highest BCUT2D eigenvalue weighted by Gasteiger charge is 2.32. The average Bonchev–Trinajstić information content (AvgIpc) is 2.73. The van der Waals surface area contributed by atoms with Crippen LogP contribution in [0.2, 0.25) is 0 Å². The van der Waals surface area contributed by atoms with Crippen molar-refractivity contribution in [3.05, 3.63) is 59.9 Å². The van der Waals surface area contributed by atoms with E-state index < -0.39 is 10.0 Å². The van der Waals surface area contributed by atoms with E-state index in [9.17, 15) is 13.2 Å². The van der Waals surface area contributed by atoms with Crippen LogP contribution in [0, 0.1) is 5.92 Å². The molecule has 1 amide bonds. The molecule has 8 heteroatoms. The molecule has 0 unspecified atom stereocenters. The van der Waals surface area contributed by atoms with Gasteiger partial charge in [0.1, 0.15) is 4.90 Å². The number of nitrogens with zero attached hydrogens (tertiary/aromatic N) is 3. The summed E-state index contributed by atoms with van der Waals surface area (Å²) in [5.41, 5.74) is 2.28. The smallest absolute Gasteiger partial charge is 0.244 e. The van der Waals surface area contributed by atoms with E-state index in [1.165, 1.54) is 16.1 Å². The minimum atomic E-state index is -3.54. The summed E-state index contributed by atoms with van der Waals surface area (Å²) >= 11 is 0. The Balaban J connectivity index is 1.49. The molecular formula is C21H28N4O3S. The molecule has 1 aliphatic rings. The Bertz CT molecular complexity index is 907. The lowest BCUT2D eigenvalue weighted by atomic mass is 9.97. The molecule has 0 bridgehead atoms. The minimum absolute atomic E-state index is 0.0132. The number of amides is 1. The Kier molecular flexibility index (Phi) is 7.00. The van der Waals surface area contributed by atoms with Crippen LogP contribution in [0.4, 0.5) is 0 Å². The van der Waals surface area contributed by atoms with Gasteiger partial charge < -0.3 is 10.2 Å². The summed E-state index contributed by atoms with van der Waals surface area (Å²) in [5, 5.41) is 2.99. The molecule has 2 aromatic rings. The van der Waals surface area contributed by atoms with Gasteiger partial charge in [0, 0.05) is 44.5 Å². The number of sulfonamides is 1. The molecule has 1 fully saturated rings. The highest BCUT2D eigenvalue weighted by molar-refractivity contribution is 7.89. The second-order valence-electron chi connectivity index (χ2n) is 7.64. The lowest BCUT2D eigenvalue weighted by Gasteiger charge is -2.30. The SMILES string of the molecule is CN(C)Cc1ccc(CNC(=O)C2CCN(S(=O)(=O)c3cccnc3)CC2)cc1. The van der Waals surface area contributed by atoms with Crippen molar-refractivity contribution in [2.24, 2.45) is 5.92 Å². The molecular weight excluding hydrogens is 388 g/mol. The number of aromatic nitrogens is 1. The number of pyridine rings is 1. The van der Waals surface area contributed by atoms with Gasteiger partial charge in [0.15, 0.2) is 0 Å². The fraction of sp³-hybridized carbons (Fsp3) is 0.429. The monoisotopic (exact) mass is 416 g/mol. The summed E-state index contributed by atoms with van der Waals surface area (Å²) in [6, 6.07) is 11.4. The van der Waals surface area contributed by atoms with Crippen molar-refractivity contribution in [3.63, 3.8) is 0 Å². The molecule has 0 spiro atoms. The summed E-state index contributed by atoms with van der Waals surface area (Å²) < 4.78 is 26.7. The maximum Gasteiger partial charge on any atom is 0.244 e.